The topological polar surface area (TPSA) is 115 Å². The van der Waals surface area contributed by atoms with E-state index in [0.717, 1.165) is 12.0 Å². The van der Waals surface area contributed by atoms with E-state index in [0.29, 0.717) is 11.6 Å². The monoisotopic (exact) mass is 170 g/mol. The Morgan fingerprint density at radius 3 is 2.17 bits per heavy atom. The number of hydrogen-bond acceptors (Lipinski definition) is 5. The number of aromatic amines is 1. The number of nitrogens with one attached hydrogen (secondary N) is 1. The van der Waals surface area contributed by atoms with Crippen molar-refractivity contribution in [2.45, 2.75) is 13.3 Å². The van der Waals surface area contributed by atoms with Crippen LogP contribution in [-0.2, 0) is 16.0 Å². The van der Waals surface area contributed by atoms with E-state index in [1.807, 2.05) is 6.92 Å². The van der Waals surface area contributed by atoms with Crippen molar-refractivity contribution in [2.75, 3.05) is 11.5 Å². The molecule has 0 saturated heterocycles. The Balaban J connectivity index is 0.000000354. The molecule has 0 aliphatic heterocycles. The van der Waals surface area contributed by atoms with Gasteiger partial charge in [0.05, 0.1) is 0 Å². The van der Waals surface area contributed by atoms with Crippen molar-refractivity contribution < 1.29 is 9.59 Å². The summed E-state index contributed by atoms with van der Waals surface area (Å²) in [7, 11) is 0. The highest BCUT2D eigenvalue weighted by Gasteiger charge is 2.02. The Morgan fingerprint density at radius 1 is 1.50 bits per heavy atom. The van der Waals surface area contributed by atoms with Gasteiger partial charge in [0.25, 0.3) is 0 Å². The SMILES string of the molecule is CCc1c(N)n[nH]c1N.O=C=O. The van der Waals surface area contributed by atoms with Crippen LogP contribution in [0.2, 0.25) is 0 Å². The molecule has 1 rings (SSSR count). The summed E-state index contributed by atoms with van der Waals surface area (Å²) in [6.45, 7) is 1.98. The minimum Gasteiger partial charge on any atom is -0.384 e. The molecule has 0 saturated carbocycles. The largest absolute Gasteiger partial charge is 0.384 e. The van der Waals surface area contributed by atoms with Crippen LogP contribution in [0.15, 0.2) is 0 Å². The molecule has 12 heavy (non-hydrogen) atoms. The first-order valence-corrected chi connectivity index (χ1v) is 3.24. The number of nitrogen functional groups attached to an aromatic ring is 2. The van der Waals surface area contributed by atoms with Gasteiger partial charge in [-0.15, -0.1) is 0 Å². The molecule has 1 heterocycles. The fourth-order valence-corrected chi connectivity index (χ4v) is 0.765. The quantitative estimate of drug-likeness (QED) is 0.528. The normalized spacial score (nSPS) is 8.08. The second kappa shape index (κ2) is 4.92. The molecule has 0 fully saturated rings. The number of hydrogen-bond donors (Lipinski definition) is 3. The first-order valence-electron chi connectivity index (χ1n) is 3.24. The van der Waals surface area contributed by atoms with Crippen molar-refractivity contribution in [3.05, 3.63) is 5.56 Å². The molecule has 0 radical (unpaired) electrons. The number of H-pyrrole nitrogens is 1. The number of nitrogens with two attached hydrogens (primary N) is 2. The Kier molecular flexibility index (Phi) is 4.18. The molecule has 1 aromatic rings. The molecule has 0 aliphatic carbocycles. The third kappa shape index (κ3) is 2.43. The van der Waals surface area contributed by atoms with Crippen molar-refractivity contribution in [3.63, 3.8) is 0 Å². The molecular weight excluding hydrogens is 160 g/mol. The van der Waals surface area contributed by atoms with Crippen LogP contribution in [-0.4, -0.2) is 16.3 Å². The van der Waals surface area contributed by atoms with Crippen LogP contribution in [0, 0.1) is 0 Å². The van der Waals surface area contributed by atoms with E-state index in [-0.39, 0.29) is 6.15 Å². The van der Waals surface area contributed by atoms with Crippen LogP contribution in [0.5, 0.6) is 0 Å². The lowest BCUT2D eigenvalue weighted by molar-refractivity contribution is -0.191. The van der Waals surface area contributed by atoms with Gasteiger partial charge in [0.2, 0.25) is 0 Å². The van der Waals surface area contributed by atoms with Crippen molar-refractivity contribution in [2.24, 2.45) is 0 Å². The number of carbonyl (C=O) groups excluding carboxylic acids is 2. The van der Waals surface area contributed by atoms with E-state index in [9.17, 15) is 0 Å². The molecule has 6 heteroatoms. The molecule has 5 N–H and O–H groups in total. The van der Waals surface area contributed by atoms with E-state index in [1.54, 1.807) is 0 Å². The Morgan fingerprint density at radius 2 is 2.00 bits per heavy atom. The third-order valence-corrected chi connectivity index (χ3v) is 1.28. The highest BCUT2D eigenvalue weighted by Crippen LogP contribution is 2.14. The summed E-state index contributed by atoms with van der Waals surface area (Å²) in [5.41, 5.74) is 11.8. The Hall–Kier alpha value is -1.81. The lowest BCUT2D eigenvalue weighted by atomic mass is 10.2. The van der Waals surface area contributed by atoms with Crippen LogP contribution in [0.1, 0.15) is 12.5 Å². The third-order valence-electron chi connectivity index (χ3n) is 1.28. The second-order valence-electron chi connectivity index (χ2n) is 1.94. The van der Waals surface area contributed by atoms with Crippen molar-refractivity contribution in [1.29, 1.82) is 0 Å². The zero-order valence-corrected chi connectivity index (χ0v) is 6.63. The van der Waals surface area contributed by atoms with Gasteiger partial charge in [-0.2, -0.15) is 14.7 Å². The first-order chi connectivity index (χ1) is 5.67. The second-order valence-corrected chi connectivity index (χ2v) is 1.94. The number of anilines is 2. The molecule has 0 aromatic carbocycles. The van der Waals surface area contributed by atoms with Crippen molar-refractivity contribution in [3.8, 4) is 0 Å². The van der Waals surface area contributed by atoms with Gasteiger partial charge < -0.3 is 11.5 Å². The highest BCUT2D eigenvalue weighted by molar-refractivity contribution is 5.52. The summed E-state index contributed by atoms with van der Waals surface area (Å²) in [5, 5.41) is 6.31. The van der Waals surface area contributed by atoms with Crippen molar-refractivity contribution in [1.82, 2.24) is 10.2 Å². The van der Waals surface area contributed by atoms with Gasteiger partial charge >= 0.3 is 6.15 Å². The highest BCUT2D eigenvalue weighted by atomic mass is 16.2. The van der Waals surface area contributed by atoms with Crippen molar-refractivity contribution >= 4 is 17.8 Å². The number of rotatable bonds is 1. The fraction of sp³-hybridized carbons (Fsp3) is 0.333. The average Bonchev–Trinajstić information content (AvgIpc) is 2.33. The lowest BCUT2D eigenvalue weighted by Gasteiger charge is -1.90. The van der Waals surface area contributed by atoms with Gasteiger partial charge in [-0.1, -0.05) is 6.92 Å². The molecule has 1 aromatic heterocycles. The molecule has 0 spiro atoms. The molecule has 0 atom stereocenters. The molecule has 0 bridgehead atoms. The van der Waals surface area contributed by atoms with Crippen LogP contribution >= 0.6 is 0 Å². The van der Waals surface area contributed by atoms with E-state index >= 15 is 0 Å². The van der Waals surface area contributed by atoms with Gasteiger partial charge in [-0.05, 0) is 6.42 Å². The maximum atomic E-state index is 8.12. The van der Waals surface area contributed by atoms with Gasteiger partial charge in [0.15, 0.2) is 5.82 Å². The summed E-state index contributed by atoms with van der Waals surface area (Å²) in [5.74, 6) is 1.09. The maximum Gasteiger partial charge on any atom is 0.373 e. The van der Waals surface area contributed by atoms with Crippen LogP contribution in [0.4, 0.5) is 11.6 Å². The maximum absolute atomic E-state index is 8.12. The lowest BCUT2D eigenvalue weighted by Crippen LogP contribution is -1.92. The molecule has 0 aliphatic rings. The average molecular weight is 170 g/mol. The molecular formula is C6H10N4O2. The number of aromatic nitrogens is 2. The molecule has 66 valence electrons. The van der Waals surface area contributed by atoms with Gasteiger partial charge in [0.1, 0.15) is 5.82 Å². The summed E-state index contributed by atoms with van der Waals surface area (Å²) >= 11 is 0. The minimum absolute atomic E-state index is 0.250. The molecule has 0 unspecified atom stereocenters. The zero-order valence-electron chi connectivity index (χ0n) is 6.63. The van der Waals surface area contributed by atoms with Crippen LogP contribution in [0.25, 0.3) is 0 Å². The standard InChI is InChI=1S/C5H10N4.CO2/c1-2-3-4(6)8-9-5(3)7;2-1-3/h2H2,1H3,(H5,6,7,8,9);. The van der Waals surface area contributed by atoms with E-state index in [4.69, 9.17) is 21.1 Å². The summed E-state index contributed by atoms with van der Waals surface area (Å²) < 4.78 is 0. The van der Waals surface area contributed by atoms with Gasteiger partial charge in [0, 0.05) is 5.56 Å². The summed E-state index contributed by atoms with van der Waals surface area (Å²) in [4.78, 5) is 16.2. The van der Waals surface area contributed by atoms with Crippen LogP contribution in [0.3, 0.4) is 0 Å². The van der Waals surface area contributed by atoms with Crippen LogP contribution < -0.4 is 11.5 Å². The van der Waals surface area contributed by atoms with Gasteiger partial charge in [-0.3, -0.25) is 5.10 Å². The predicted octanol–water partition coefficient (Wildman–Crippen LogP) is -0.447. The van der Waals surface area contributed by atoms with E-state index in [2.05, 4.69) is 10.2 Å². The zero-order chi connectivity index (χ0) is 9.56. The molecule has 6 nitrogen and oxygen atoms in total. The smallest absolute Gasteiger partial charge is 0.373 e. The summed E-state index contributed by atoms with van der Waals surface area (Å²) in [6, 6.07) is 0. The Bertz CT molecular complexity index is 256. The van der Waals surface area contributed by atoms with E-state index in [1.165, 1.54) is 0 Å². The number of nitrogens with zero attached hydrogens (tertiary/aromatic N) is 1. The van der Waals surface area contributed by atoms with Gasteiger partial charge in [-0.25, -0.2) is 0 Å². The minimum atomic E-state index is 0.250. The predicted molar refractivity (Wildman–Crippen MR) is 41.8 cm³/mol. The Labute approximate surface area is 68.9 Å². The summed E-state index contributed by atoms with van der Waals surface area (Å²) in [6.07, 6.45) is 1.08. The fourth-order valence-electron chi connectivity index (χ4n) is 0.765. The molecule has 0 amide bonds. The first kappa shape index (κ1) is 10.2. The van der Waals surface area contributed by atoms with E-state index < -0.39 is 0 Å².